The smallest absolute Gasteiger partial charge is 0.256 e. The highest BCUT2D eigenvalue weighted by atomic mass is 35.5. The fourth-order valence-corrected chi connectivity index (χ4v) is 4.59. The highest BCUT2D eigenvalue weighted by Gasteiger charge is 2.26. The molecular weight excluding hydrogens is 507 g/mol. The van der Waals surface area contributed by atoms with Crippen LogP contribution in [0.1, 0.15) is 35.5 Å². The first-order valence-electron chi connectivity index (χ1n) is 11.9. The molecule has 0 aliphatic carbocycles. The van der Waals surface area contributed by atoms with Gasteiger partial charge in [-0.2, -0.15) is 5.10 Å². The van der Waals surface area contributed by atoms with Crippen LogP contribution in [-0.4, -0.2) is 39.1 Å². The van der Waals surface area contributed by atoms with Crippen molar-refractivity contribution >= 4 is 40.8 Å². The van der Waals surface area contributed by atoms with E-state index >= 15 is 0 Å². The Kier molecular flexibility index (Phi) is 8.00. The third-order valence-corrected chi connectivity index (χ3v) is 6.57. The Hall–Kier alpha value is -3.61. The molecule has 0 unspecified atom stereocenters. The maximum atomic E-state index is 13.4. The molecule has 0 aliphatic rings. The topological polar surface area (TPSA) is 67.2 Å². The summed E-state index contributed by atoms with van der Waals surface area (Å²) in [5.74, 6) is -0.158. The third-order valence-electron chi connectivity index (χ3n) is 6.02. The number of carbonyl (C=O) groups excluding carboxylic acids is 2. The average Bonchev–Trinajstić information content (AvgIpc) is 3.18. The summed E-state index contributed by atoms with van der Waals surface area (Å²) in [6, 6.07) is 22.1. The summed E-state index contributed by atoms with van der Waals surface area (Å²) < 4.78 is 1.73. The molecule has 190 valence electrons. The molecule has 0 saturated carbocycles. The van der Waals surface area contributed by atoms with Crippen molar-refractivity contribution in [2.75, 3.05) is 11.9 Å². The maximum absolute atomic E-state index is 13.4. The van der Waals surface area contributed by atoms with Crippen LogP contribution in [0.2, 0.25) is 10.0 Å². The second-order valence-electron chi connectivity index (χ2n) is 9.12. The molecule has 0 saturated heterocycles. The second-order valence-corrected chi connectivity index (χ2v) is 9.97. The van der Waals surface area contributed by atoms with Crippen LogP contribution in [0.5, 0.6) is 0 Å². The summed E-state index contributed by atoms with van der Waals surface area (Å²) >= 11 is 12.3. The molecule has 6 nitrogen and oxygen atoms in total. The number of hydrogen-bond acceptors (Lipinski definition) is 3. The summed E-state index contributed by atoms with van der Waals surface area (Å²) in [5.41, 5.74) is 4.74. The Morgan fingerprint density at radius 3 is 2.27 bits per heavy atom. The molecule has 1 aromatic heterocycles. The van der Waals surface area contributed by atoms with Gasteiger partial charge in [-0.15, -0.1) is 0 Å². The highest BCUT2D eigenvalue weighted by molar-refractivity contribution is 6.36. The van der Waals surface area contributed by atoms with Gasteiger partial charge >= 0.3 is 0 Å². The van der Waals surface area contributed by atoms with Gasteiger partial charge in [-0.05, 0) is 63.6 Å². The lowest BCUT2D eigenvalue weighted by atomic mass is 10.1. The molecule has 0 atom stereocenters. The zero-order valence-electron chi connectivity index (χ0n) is 21.1. The Labute approximate surface area is 226 Å². The minimum Gasteiger partial charge on any atom is -0.327 e. The number of aryl methyl sites for hydroxylation is 2. The van der Waals surface area contributed by atoms with Crippen molar-refractivity contribution in [2.24, 2.45) is 0 Å². The number of hydrogen-bond donors (Lipinski definition) is 1. The van der Waals surface area contributed by atoms with Gasteiger partial charge in [0.2, 0.25) is 5.91 Å². The van der Waals surface area contributed by atoms with E-state index in [2.05, 4.69) is 5.32 Å². The van der Waals surface area contributed by atoms with Gasteiger partial charge in [-0.25, -0.2) is 4.68 Å². The number of nitrogens with zero attached hydrogens (tertiary/aromatic N) is 3. The first kappa shape index (κ1) is 26.5. The van der Waals surface area contributed by atoms with E-state index in [1.807, 2.05) is 82.3 Å². The number of benzene rings is 3. The summed E-state index contributed by atoms with van der Waals surface area (Å²) in [4.78, 5) is 28.2. The molecule has 0 radical (unpaired) electrons. The van der Waals surface area contributed by atoms with Crippen molar-refractivity contribution in [1.82, 2.24) is 14.7 Å². The third kappa shape index (κ3) is 5.87. The van der Waals surface area contributed by atoms with Crippen molar-refractivity contribution in [3.8, 4) is 16.8 Å². The second kappa shape index (κ2) is 11.2. The number of rotatable bonds is 7. The minimum absolute atomic E-state index is 0.165. The lowest BCUT2D eigenvalue weighted by molar-refractivity contribution is -0.117. The van der Waals surface area contributed by atoms with Crippen LogP contribution in [0.15, 0.2) is 72.8 Å². The molecule has 4 aromatic rings. The fourth-order valence-electron chi connectivity index (χ4n) is 4.10. The number of halogens is 2. The van der Waals surface area contributed by atoms with E-state index in [0.29, 0.717) is 10.8 Å². The van der Waals surface area contributed by atoms with Crippen molar-refractivity contribution in [2.45, 2.75) is 33.7 Å². The summed E-state index contributed by atoms with van der Waals surface area (Å²) in [5, 5.41) is 8.46. The zero-order valence-corrected chi connectivity index (χ0v) is 22.6. The normalized spacial score (nSPS) is 11.0. The molecule has 3 aromatic carbocycles. The lowest BCUT2D eigenvalue weighted by Crippen LogP contribution is -2.42. The summed E-state index contributed by atoms with van der Waals surface area (Å²) in [6.45, 7) is 7.47. The minimum atomic E-state index is -0.349. The van der Waals surface area contributed by atoms with Crippen LogP contribution in [-0.2, 0) is 4.79 Å². The van der Waals surface area contributed by atoms with Crippen LogP contribution in [0.25, 0.3) is 16.8 Å². The number of carbonyl (C=O) groups is 2. The molecule has 2 amide bonds. The number of amides is 2. The number of nitrogens with one attached hydrogen (secondary N) is 1. The molecule has 0 fully saturated rings. The molecule has 8 heteroatoms. The largest absolute Gasteiger partial charge is 0.327 e. The van der Waals surface area contributed by atoms with E-state index in [1.54, 1.807) is 16.8 Å². The summed E-state index contributed by atoms with van der Waals surface area (Å²) in [7, 11) is 0. The first-order valence-corrected chi connectivity index (χ1v) is 12.7. The summed E-state index contributed by atoms with van der Waals surface area (Å²) in [6.07, 6.45) is 0. The molecular formula is C29H28Cl2N4O2. The van der Waals surface area contributed by atoms with Crippen LogP contribution in [0.4, 0.5) is 5.82 Å². The van der Waals surface area contributed by atoms with Crippen molar-refractivity contribution in [1.29, 1.82) is 0 Å². The van der Waals surface area contributed by atoms with Gasteiger partial charge in [0, 0.05) is 16.6 Å². The van der Waals surface area contributed by atoms with E-state index in [4.69, 9.17) is 28.3 Å². The maximum Gasteiger partial charge on any atom is 0.256 e. The van der Waals surface area contributed by atoms with E-state index in [9.17, 15) is 9.59 Å². The number of aromatic nitrogens is 2. The van der Waals surface area contributed by atoms with Gasteiger partial charge in [0.25, 0.3) is 5.91 Å². The molecule has 0 bridgehead atoms. The lowest BCUT2D eigenvalue weighted by Gasteiger charge is -2.27. The van der Waals surface area contributed by atoms with E-state index in [1.165, 1.54) is 11.0 Å². The monoisotopic (exact) mass is 534 g/mol. The number of anilines is 1. The van der Waals surface area contributed by atoms with Gasteiger partial charge in [-0.3, -0.25) is 9.59 Å². The zero-order chi connectivity index (χ0) is 26.7. The van der Waals surface area contributed by atoms with Crippen LogP contribution in [0.3, 0.4) is 0 Å². The van der Waals surface area contributed by atoms with Gasteiger partial charge < -0.3 is 10.2 Å². The molecule has 1 N–H and O–H groups in total. The van der Waals surface area contributed by atoms with Crippen molar-refractivity contribution in [3.05, 3.63) is 99.7 Å². The SMILES string of the molecule is Cc1ccc(-n2nc(C)c(-c3ccccc3)c2NC(=O)CN(C(=O)c2ccc(Cl)cc2Cl)C(C)C)cc1. The molecule has 0 spiro atoms. The first-order chi connectivity index (χ1) is 17.7. The fraction of sp³-hybridized carbons (Fsp3) is 0.207. The Morgan fingerprint density at radius 2 is 1.65 bits per heavy atom. The Bertz CT molecular complexity index is 1430. The van der Waals surface area contributed by atoms with E-state index < -0.39 is 0 Å². The molecule has 37 heavy (non-hydrogen) atoms. The Morgan fingerprint density at radius 1 is 0.973 bits per heavy atom. The van der Waals surface area contributed by atoms with Gasteiger partial charge in [0.15, 0.2) is 0 Å². The molecule has 0 aliphatic heterocycles. The van der Waals surface area contributed by atoms with E-state index in [0.717, 1.165) is 28.1 Å². The Balaban J connectivity index is 1.69. The van der Waals surface area contributed by atoms with Crippen LogP contribution >= 0.6 is 23.2 Å². The van der Waals surface area contributed by atoms with Gasteiger partial charge in [-0.1, -0.05) is 71.2 Å². The van der Waals surface area contributed by atoms with Crippen LogP contribution in [0, 0.1) is 13.8 Å². The van der Waals surface area contributed by atoms with Gasteiger partial charge in [0.1, 0.15) is 12.4 Å². The molecule has 1 heterocycles. The van der Waals surface area contributed by atoms with Gasteiger partial charge in [0.05, 0.1) is 22.0 Å². The van der Waals surface area contributed by atoms with Crippen molar-refractivity contribution in [3.63, 3.8) is 0 Å². The molecule has 4 rings (SSSR count). The van der Waals surface area contributed by atoms with Crippen LogP contribution < -0.4 is 5.32 Å². The average molecular weight is 535 g/mol. The quantitative estimate of drug-likeness (QED) is 0.279. The van der Waals surface area contributed by atoms with E-state index in [-0.39, 0.29) is 35.0 Å². The van der Waals surface area contributed by atoms with Crippen molar-refractivity contribution < 1.29 is 9.59 Å². The highest BCUT2D eigenvalue weighted by Crippen LogP contribution is 2.33. The predicted molar refractivity (Wildman–Crippen MR) is 150 cm³/mol. The predicted octanol–water partition coefficient (Wildman–Crippen LogP) is 6.95. The standard InChI is InChI=1S/C29H28Cl2N4O2/c1-18(2)34(29(37)24-15-12-22(30)16-25(24)31)17-26(36)32-28-27(21-8-6-5-7-9-21)20(4)33-35(28)23-13-10-19(3)11-14-23/h5-16,18H,17H2,1-4H3,(H,32,36).